The molecule has 0 amide bonds. The zero-order valence-electron chi connectivity index (χ0n) is 11.3. The number of nitrogens with zero attached hydrogens (tertiary/aromatic N) is 2. The summed E-state index contributed by atoms with van der Waals surface area (Å²) in [6, 6.07) is 0.367. The first-order valence-electron chi connectivity index (χ1n) is 6.24. The van der Waals surface area contributed by atoms with Gasteiger partial charge in [0.2, 0.25) is 0 Å². The van der Waals surface area contributed by atoms with Crippen molar-refractivity contribution < 1.29 is 5.11 Å². The minimum atomic E-state index is -0.894. The van der Waals surface area contributed by atoms with Crippen LogP contribution in [-0.4, -0.2) is 33.7 Å². The Bertz CT molecular complexity index is 436. The van der Waals surface area contributed by atoms with Crippen molar-refractivity contribution in [1.29, 1.82) is 0 Å². The second-order valence-electron chi connectivity index (χ2n) is 4.46. The minimum absolute atomic E-state index is 0.367. The normalized spacial score (nSPS) is 21.3. The van der Waals surface area contributed by atoms with Crippen LogP contribution in [0.3, 0.4) is 0 Å². The molecule has 0 saturated heterocycles. The van der Waals surface area contributed by atoms with E-state index in [4.69, 9.17) is 11.5 Å². The van der Waals surface area contributed by atoms with Gasteiger partial charge in [-0.1, -0.05) is 0 Å². The first-order chi connectivity index (χ1) is 9.04. The molecule has 1 saturated carbocycles. The molecular weight excluding hydrogens is 355 g/mol. The van der Waals surface area contributed by atoms with E-state index in [9.17, 15) is 5.11 Å². The maximum atomic E-state index is 10.4. The van der Waals surface area contributed by atoms with Gasteiger partial charge in [0.15, 0.2) is 0 Å². The molecule has 0 spiro atoms. The summed E-state index contributed by atoms with van der Waals surface area (Å²) in [7, 11) is 1.65. The topological polar surface area (TPSA) is 97.0 Å². The van der Waals surface area contributed by atoms with E-state index in [1.165, 1.54) is 18.8 Å². The Hall–Kier alpha value is -0.890. The van der Waals surface area contributed by atoms with E-state index in [-0.39, 0.29) is 0 Å². The summed E-state index contributed by atoms with van der Waals surface area (Å²) < 4.78 is 0.656. The summed E-state index contributed by atoms with van der Waals surface area (Å²) in [5.74, 6) is 0. The molecular formula is C13H21IN4O. The highest BCUT2D eigenvalue weighted by molar-refractivity contribution is 14.1. The molecule has 0 radical (unpaired) electrons. The monoisotopic (exact) mass is 376 g/mol. The Morgan fingerprint density at radius 3 is 2.26 bits per heavy atom. The Balaban J connectivity index is 2.93. The number of rotatable bonds is 5. The van der Waals surface area contributed by atoms with E-state index >= 15 is 0 Å². The van der Waals surface area contributed by atoms with E-state index in [0.717, 1.165) is 18.6 Å². The maximum Gasteiger partial charge on any atom is 0.111 e. The Kier molecular flexibility index (Phi) is 6.50. The van der Waals surface area contributed by atoms with Gasteiger partial charge in [0.25, 0.3) is 0 Å². The lowest BCUT2D eigenvalue weighted by Crippen LogP contribution is -2.26. The van der Waals surface area contributed by atoms with Crippen LogP contribution in [0, 0.1) is 0 Å². The summed E-state index contributed by atoms with van der Waals surface area (Å²) >= 11 is 2.03. The Morgan fingerprint density at radius 1 is 1.32 bits per heavy atom. The lowest BCUT2D eigenvalue weighted by molar-refractivity contribution is 0.258. The number of halogens is 1. The average molecular weight is 376 g/mol. The molecule has 0 aromatic rings. The second-order valence-corrected chi connectivity index (χ2v) is 5.48. The lowest BCUT2D eigenvalue weighted by Gasteiger charge is -2.24. The molecule has 0 heterocycles. The van der Waals surface area contributed by atoms with Crippen LogP contribution >= 0.6 is 22.6 Å². The molecule has 1 aliphatic carbocycles. The minimum Gasteiger partial charge on any atom is -0.404 e. The van der Waals surface area contributed by atoms with Gasteiger partial charge < -0.3 is 16.6 Å². The van der Waals surface area contributed by atoms with E-state index in [2.05, 4.69) is 9.98 Å². The summed E-state index contributed by atoms with van der Waals surface area (Å²) in [5, 5.41) is 10.4. The molecule has 1 unspecified atom stereocenters. The fraction of sp³-hybridized carbons (Fsp3) is 0.538. The Morgan fingerprint density at radius 2 is 1.89 bits per heavy atom. The molecule has 5 nitrogen and oxygen atoms in total. The van der Waals surface area contributed by atoms with Crippen molar-refractivity contribution in [2.24, 2.45) is 21.5 Å². The summed E-state index contributed by atoms with van der Waals surface area (Å²) in [5.41, 5.74) is 13.1. The molecule has 0 aromatic heterocycles. The van der Waals surface area contributed by atoms with Gasteiger partial charge in [-0.15, -0.1) is 0 Å². The first kappa shape index (κ1) is 16.2. The van der Waals surface area contributed by atoms with Crippen molar-refractivity contribution in [3.63, 3.8) is 0 Å². The molecule has 6 heteroatoms. The highest BCUT2D eigenvalue weighted by Gasteiger charge is 2.23. The summed E-state index contributed by atoms with van der Waals surface area (Å²) in [4.78, 5) is 8.61. The van der Waals surface area contributed by atoms with Crippen LogP contribution in [-0.2, 0) is 0 Å². The Labute approximate surface area is 127 Å². The molecule has 1 aliphatic rings. The predicted octanol–water partition coefficient (Wildman–Crippen LogP) is 1.51. The van der Waals surface area contributed by atoms with Crippen LogP contribution < -0.4 is 11.5 Å². The van der Waals surface area contributed by atoms with Crippen molar-refractivity contribution in [1.82, 2.24) is 0 Å². The maximum absolute atomic E-state index is 10.4. The van der Waals surface area contributed by atoms with Gasteiger partial charge in [-0.05, 0) is 48.8 Å². The van der Waals surface area contributed by atoms with Crippen molar-refractivity contribution >= 4 is 32.0 Å². The molecule has 1 rings (SSSR count). The number of aliphatic hydroxyl groups is 1. The summed E-state index contributed by atoms with van der Waals surface area (Å²) in [6.45, 7) is 1.87. The van der Waals surface area contributed by atoms with E-state index in [1.54, 1.807) is 7.05 Å². The van der Waals surface area contributed by atoms with E-state index in [0.29, 0.717) is 20.9 Å². The molecule has 19 heavy (non-hydrogen) atoms. The van der Waals surface area contributed by atoms with Crippen LogP contribution in [0.4, 0.5) is 0 Å². The van der Waals surface area contributed by atoms with Gasteiger partial charge in [-0.25, -0.2) is 0 Å². The highest BCUT2D eigenvalue weighted by atomic mass is 127. The van der Waals surface area contributed by atoms with Crippen LogP contribution in [0.2, 0.25) is 0 Å². The molecule has 0 aliphatic heterocycles. The number of aliphatic imine (C=N–C) groups is 2. The van der Waals surface area contributed by atoms with Crippen molar-refractivity contribution in [3.8, 4) is 0 Å². The molecule has 0 bridgehead atoms. The smallest absolute Gasteiger partial charge is 0.111 e. The van der Waals surface area contributed by atoms with Gasteiger partial charge in [-0.3, -0.25) is 9.98 Å². The van der Waals surface area contributed by atoms with Crippen LogP contribution in [0.25, 0.3) is 0 Å². The molecule has 0 aromatic carbocycles. The van der Waals surface area contributed by atoms with Crippen LogP contribution in [0.1, 0.15) is 26.2 Å². The van der Waals surface area contributed by atoms with Gasteiger partial charge in [0, 0.05) is 36.3 Å². The van der Waals surface area contributed by atoms with Crippen molar-refractivity contribution in [3.05, 3.63) is 23.5 Å². The van der Waals surface area contributed by atoms with Gasteiger partial charge in [-0.2, -0.15) is 0 Å². The fourth-order valence-electron chi connectivity index (χ4n) is 1.84. The third-order valence-corrected chi connectivity index (χ3v) is 4.36. The van der Waals surface area contributed by atoms with Gasteiger partial charge >= 0.3 is 0 Å². The van der Waals surface area contributed by atoms with Crippen LogP contribution in [0.5, 0.6) is 0 Å². The summed E-state index contributed by atoms with van der Waals surface area (Å²) in [6.07, 6.45) is 5.30. The predicted molar refractivity (Wildman–Crippen MR) is 88.7 cm³/mol. The standard InChI is InChI=1S/C13H21IN4O/c1-8(18-9-4-3-5-9)10(6-15)12(19)11(7-16)13(14)17-2/h6-7,9,12,19H,3-5,15-16H2,1-2H3. The third-order valence-electron chi connectivity index (χ3n) is 3.25. The number of nitrogens with two attached hydrogens (primary N) is 2. The molecule has 1 fully saturated rings. The van der Waals surface area contributed by atoms with Gasteiger partial charge in [0.1, 0.15) is 9.82 Å². The van der Waals surface area contributed by atoms with Crippen molar-refractivity contribution in [2.75, 3.05) is 7.05 Å². The zero-order valence-corrected chi connectivity index (χ0v) is 13.5. The highest BCUT2D eigenvalue weighted by Crippen LogP contribution is 2.24. The number of aliphatic hydroxyl groups excluding tert-OH is 1. The molecule has 1 atom stereocenters. The average Bonchev–Trinajstić information content (AvgIpc) is 2.35. The quantitative estimate of drug-likeness (QED) is 0.501. The number of hydrogen-bond donors (Lipinski definition) is 3. The lowest BCUT2D eigenvalue weighted by atomic mass is 9.93. The van der Waals surface area contributed by atoms with E-state index in [1.807, 2.05) is 29.5 Å². The fourth-order valence-corrected chi connectivity index (χ4v) is 2.32. The second kappa shape index (κ2) is 7.64. The van der Waals surface area contributed by atoms with Gasteiger partial charge in [0.05, 0.1) is 6.04 Å². The van der Waals surface area contributed by atoms with Crippen LogP contribution in [0.15, 0.2) is 33.5 Å². The molecule has 106 valence electrons. The number of hydrogen-bond acceptors (Lipinski definition) is 5. The van der Waals surface area contributed by atoms with E-state index < -0.39 is 6.10 Å². The third kappa shape index (κ3) is 4.04. The molecule has 5 N–H and O–H groups in total. The van der Waals surface area contributed by atoms with Crippen molar-refractivity contribution in [2.45, 2.75) is 38.3 Å². The largest absolute Gasteiger partial charge is 0.404 e. The first-order valence-corrected chi connectivity index (χ1v) is 7.32. The zero-order chi connectivity index (χ0) is 14.4. The SMILES string of the molecule is CN=C(I)C(=CN)C(O)C(=CN)C(C)=NC1CCC1.